The number of aliphatic imine (C=N–C) groups is 1. The Morgan fingerprint density at radius 1 is 1.10 bits per heavy atom. The van der Waals surface area contributed by atoms with Gasteiger partial charge in [0.25, 0.3) is 0 Å². The molecular weight excluding hydrogens is 264 g/mol. The minimum absolute atomic E-state index is 0.296. The lowest BCUT2D eigenvalue weighted by atomic mass is 10.1. The zero-order valence-electron chi connectivity index (χ0n) is 12.7. The van der Waals surface area contributed by atoms with E-state index in [0.717, 1.165) is 6.07 Å². The lowest BCUT2D eigenvalue weighted by Gasteiger charge is -2.20. The minimum atomic E-state index is -0.616. The van der Waals surface area contributed by atoms with Gasteiger partial charge in [-0.05, 0) is 17.7 Å². The molecule has 3 nitrogen and oxygen atoms in total. The molecule has 0 N–H and O–H groups in total. The highest BCUT2D eigenvalue weighted by molar-refractivity contribution is 5.78. The van der Waals surface area contributed by atoms with Gasteiger partial charge in [-0.25, -0.2) is 13.8 Å². The molecular formula is C15H23F2NO2. The number of halogens is 2. The second-order valence-corrected chi connectivity index (χ2v) is 3.46. The highest BCUT2D eigenvalue weighted by Crippen LogP contribution is 2.22. The summed E-state index contributed by atoms with van der Waals surface area (Å²) in [5.41, 5.74) is 0.451. The van der Waals surface area contributed by atoms with Crippen LogP contribution >= 0.6 is 0 Å². The number of benzene rings is 1. The monoisotopic (exact) mass is 287 g/mol. The van der Waals surface area contributed by atoms with Crippen LogP contribution in [0.3, 0.4) is 0 Å². The number of nitrogens with zero attached hydrogens (tertiary/aromatic N) is 1. The molecule has 1 atom stereocenters. The van der Waals surface area contributed by atoms with Crippen LogP contribution in [-0.4, -0.2) is 26.2 Å². The van der Waals surface area contributed by atoms with Gasteiger partial charge in [-0.3, -0.25) is 0 Å². The van der Waals surface area contributed by atoms with Gasteiger partial charge in [0.15, 0.2) is 0 Å². The van der Waals surface area contributed by atoms with Crippen LogP contribution in [0.1, 0.15) is 39.3 Å². The van der Waals surface area contributed by atoms with E-state index in [1.54, 1.807) is 0 Å². The van der Waals surface area contributed by atoms with Crippen LogP contribution < -0.4 is 0 Å². The normalized spacial score (nSPS) is 16.9. The van der Waals surface area contributed by atoms with Crippen molar-refractivity contribution in [1.82, 2.24) is 0 Å². The molecule has 0 spiro atoms. The van der Waals surface area contributed by atoms with E-state index in [9.17, 15) is 8.78 Å². The molecule has 1 aromatic carbocycles. The first-order chi connectivity index (χ1) is 9.69. The van der Waals surface area contributed by atoms with E-state index >= 15 is 0 Å². The summed E-state index contributed by atoms with van der Waals surface area (Å²) >= 11 is 0. The fraction of sp³-hybridized carbons (Fsp3) is 0.533. The SMILES string of the molecule is CC.CC.COC1=NC(c2cc(F)cc(F)c2)COC1. The van der Waals surface area contributed by atoms with Crippen molar-refractivity contribution in [3.8, 4) is 0 Å². The average molecular weight is 287 g/mol. The summed E-state index contributed by atoms with van der Waals surface area (Å²) in [7, 11) is 1.48. The lowest BCUT2D eigenvalue weighted by Crippen LogP contribution is -2.22. The van der Waals surface area contributed by atoms with Gasteiger partial charge in [-0.1, -0.05) is 27.7 Å². The molecule has 0 radical (unpaired) electrons. The van der Waals surface area contributed by atoms with Crippen molar-refractivity contribution < 1.29 is 18.3 Å². The van der Waals surface area contributed by atoms with Gasteiger partial charge in [-0.15, -0.1) is 0 Å². The summed E-state index contributed by atoms with van der Waals surface area (Å²) in [4.78, 5) is 4.19. The second kappa shape index (κ2) is 10.3. The molecule has 0 fully saturated rings. The molecule has 0 amide bonds. The maximum Gasteiger partial charge on any atom is 0.210 e. The molecule has 1 aliphatic rings. The Labute approximate surface area is 119 Å². The third kappa shape index (κ3) is 5.65. The molecule has 5 heteroatoms. The van der Waals surface area contributed by atoms with Crippen molar-refractivity contribution in [3.05, 3.63) is 35.4 Å². The summed E-state index contributed by atoms with van der Waals surface area (Å²) in [5.74, 6) is -0.801. The number of methoxy groups -OCH3 is 1. The predicted molar refractivity (Wildman–Crippen MR) is 77.1 cm³/mol. The van der Waals surface area contributed by atoms with Crippen molar-refractivity contribution in [2.45, 2.75) is 33.7 Å². The van der Waals surface area contributed by atoms with Crippen LogP contribution in [0.15, 0.2) is 23.2 Å². The molecule has 0 saturated heterocycles. The Balaban J connectivity index is 0.000000829. The number of hydrogen-bond donors (Lipinski definition) is 0. The highest BCUT2D eigenvalue weighted by Gasteiger charge is 2.19. The first-order valence-corrected chi connectivity index (χ1v) is 6.83. The summed E-state index contributed by atoms with van der Waals surface area (Å²) in [6, 6.07) is 2.92. The maximum atomic E-state index is 13.0. The molecule has 1 aliphatic heterocycles. The first-order valence-electron chi connectivity index (χ1n) is 6.83. The second-order valence-electron chi connectivity index (χ2n) is 3.46. The van der Waals surface area contributed by atoms with Crippen molar-refractivity contribution in [2.75, 3.05) is 20.3 Å². The Hall–Kier alpha value is -1.49. The van der Waals surface area contributed by atoms with Gasteiger partial charge in [0.2, 0.25) is 5.90 Å². The minimum Gasteiger partial charge on any atom is -0.483 e. The average Bonchev–Trinajstić information content (AvgIpc) is 2.50. The number of rotatable bonds is 1. The fourth-order valence-electron chi connectivity index (χ4n) is 1.56. The molecule has 0 saturated carbocycles. The molecule has 0 aromatic heterocycles. The van der Waals surface area contributed by atoms with Gasteiger partial charge in [-0.2, -0.15) is 0 Å². The van der Waals surface area contributed by atoms with E-state index < -0.39 is 17.7 Å². The molecule has 0 bridgehead atoms. The molecule has 0 aliphatic carbocycles. The Morgan fingerprint density at radius 2 is 1.65 bits per heavy atom. The van der Waals surface area contributed by atoms with Crippen LogP contribution in [-0.2, 0) is 9.47 Å². The van der Waals surface area contributed by atoms with Gasteiger partial charge in [0.1, 0.15) is 24.3 Å². The third-order valence-electron chi connectivity index (χ3n) is 2.31. The summed E-state index contributed by atoms with van der Waals surface area (Å²) < 4.78 is 36.2. The Bertz CT molecular complexity index is 402. The largest absolute Gasteiger partial charge is 0.483 e. The molecule has 1 aromatic rings. The van der Waals surface area contributed by atoms with Gasteiger partial charge in [0, 0.05) is 6.07 Å². The summed E-state index contributed by atoms with van der Waals surface area (Å²) in [5, 5.41) is 0. The third-order valence-corrected chi connectivity index (χ3v) is 2.31. The Morgan fingerprint density at radius 3 is 2.15 bits per heavy atom. The quantitative estimate of drug-likeness (QED) is 0.777. The Kier molecular flexibility index (Phi) is 9.55. The summed E-state index contributed by atoms with van der Waals surface area (Å²) in [6.07, 6.45) is 0. The van der Waals surface area contributed by atoms with Crippen LogP contribution in [0.25, 0.3) is 0 Å². The van der Waals surface area contributed by atoms with Crippen molar-refractivity contribution in [2.24, 2.45) is 4.99 Å². The zero-order valence-corrected chi connectivity index (χ0v) is 12.7. The standard InChI is InChI=1S/C11H11F2NO2.2C2H6/c1-15-11-6-16-5-10(14-11)7-2-8(12)4-9(13)3-7;2*1-2/h2-4,10H,5-6H2,1H3;2*1-2H3. The highest BCUT2D eigenvalue weighted by atomic mass is 19.1. The van der Waals surface area contributed by atoms with Crippen LogP contribution in [0.5, 0.6) is 0 Å². The van der Waals surface area contributed by atoms with Gasteiger partial charge < -0.3 is 9.47 Å². The zero-order chi connectivity index (χ0) is 15.5. The van der Waals surface area contributed by atoms with Gasteiger partial charge >= 0.3 is 0 Å². The van der Waals surface area contributed by atoms with E-state index in [-0.39, 0.29) is 0 Å². The van der Waals surface area contributed by atoms with Crippen molar-refractivity contribution in [3.63, 3.8) is 0 Å². The molecule has 114 valence electrons. The van der Waals surface area contributed by atoms with E-state index in [2.05, 4.69) is 4.99 Å². The van der Waals surface area contributed by atoms with Crippen LogP contribution in [0.4, 0.5) is 8.78 Å². The van der Waals surface area contributed by atoms with E-state index in [4.69, 9.17) is 9.47 Å². The van der Waals surface area contributed by atoms with Crippen molar-refractivity contribution in [1.29, 1.82) is 0 Å². The van der Waals surface area contributed by atoms with E-state index in [1.165, 1.54) is 19.2 Å². The fourth-order valence-corrected chi connectivity index (χ4v) is 1.56. The topological polar surface area (TPSA) is 30.8 Å². The van der Waals surface area contributed by atoms with Crippen molar-refractivity contribution >= 4 is 5.90 Å². The number of hydrogen-bond acceptors (Lipinski definition) is 3. The molecule has 1 unspecified atom stereocenters. The molecule has 1 heterocycles. The van der Waals surface area contributed by atoms with Crippen LogP contribution in [0.2, 0.25) is 0 Å². The molecule has 20 heavy (non-hydrogen) atoms. The van der Waals surface area contributed by atoms with E-state index in [1.807, 2.05) is 27.7 Å². The maximum absolute atomic E-state index is 13.0. The van der Waals surface area contributed by atoms with Crippen LogP contribution in [0, 0.1) is 11.6 Å². The van der Waals surface area contributed by atoms with Gasteiger partial charge in [0.05, 0.1) is 13.7 Å². The summed E-state index contributed by atoms with van der Waals surface area (Å²) in [6.45, 7) is 8.60. The van der Waals surface area contributed by atoms with E-state index in [0.29, 0.717) is 24.7 Å². The predicted octanol–water partition coefficient (Wildman–Crippen LogP) is 4.13. The smallest absolute Gasteiger partial charge is 0.210 e. The first kappa shape index (κ1) is 18.5. The number of ether oxygens (including phenoxy) is 2. The lowest BCUT2D eigenvalue weighted by molar-refractivity contribution is 0.125. The molecule has 2 rings (SSSR count).